The van der Waals surface area contributed by atoms with Crippen LogP contribution in [0.25, 0.3) is 0 Å². The fourth-order valence-electron chi connectivity index (χ4n) is 0.948. The molecule has 1 rings (SSSR count). The lowest BCUT2D eigenvalue weighted by Crippen LogP contribution is -2.55. The van der Waals surface area contributed by atoms with Crippen molar-refractivity contribution in [1.29, 1.82) is 0 Å². The highest BCUT2D eigenvalue weighted by Crippen LogP contribution is 2.03. The van der Waals surface area contributed by atoms with Crippen LogP contribution in [0, 0.1) is 0 Å². The molecular formula is C6H11ClN2. The van der Waals surface area contributed by atoms with E-state index in [1.54, 1.807) is 5.54 Å². The topological polar surface area (TPSA) is 29.3 Å². The molecular weight excluding hydrogens is 136 g/mol. The second-order valence-corrected chi connectivity index (χ2v) is 2.59. The molecule has 0 atom stereocenters. The third-order valence-corrected chi connectivity index (χ3v) is 1.62. The summed E-state index contributed by atoms with van der Waals surface area (Å²) in [6, 6.07) is 0.397. The summed E-state index contributed by atoms with van der Waals surface area (Å²) in [5, 5.41) is 0. The number of hydrogen-bond acceptors (Lipinski definition) is 2. The molecule has 0 aromatic heterocycles. The van der Waals surface area contributed by atoms with E-state index in [0.717, 1.165) is 19.6 Å². The third-order valence-electron chi connectivity index (χ3n) is 1.44. The zero-order chi connectivity index (χ0) is 6.69. The van der Waals surface area contributed by atoms with Crippen molar-refractivity contribution in [3.05, 3.63) is 11.6 Å². The molecule has 0 radical (unpaired) electrons. The highest BCUT2D eigenvalue weighted by atomic mass is 35.5. The molecule has 2 N–H and O–H groups in total. The predicted molar refractivity (Wildman–Crippen MR) is 39.4 cm³/mol. The Labute approximate surface area is 60.3 Å². The smallest absolute Gasteiger partial charge is 0.0297 e. The Morgan fingerprint density at radius 1 is 1.67 bits per heavy atom. The van der Waals surface area contributed by atoms with Crippen LogP contribution in [0.2, 0.25) is 0 Å². The van der Waals surface area contributed by atoms with Crippen LogP contribution < -0.4 is 5.73 Å². The van der Waals surface area contributed by atoms with E-state index in [9.17, 15) is 0 Å². The molecule has 0 aliphatic carbocycles. The summed E-state index contributed by atoms with van der Waals surface area (Å²) in [6.45, 7) is 2.97. The van der Waals surface area contributed by atoms with Gasteiger partial charge in [-0.15, -0.1) is 0 Å². The second kappa shape index (κ2) is 3.20. The van der Waals surface area contributed by atoms with Crippen LogP contribution >= 0.6 is 11.6 Å². The van der Waals surface area contributed by atoms with Crippen LogP contribution in [0.15, 0.2) is 11.6 Å². The number of hydrogen-bond donors (Lipinski definition) is 1. The molecule has 0 aromatic carbocycles. The number of rotatable bonds is 2. The van der Waals surface area contributed by atoms with E-state index >= 15 is 0 Å². The SMILES string of the molecule is NC1CN(CC=CCl)C1. The van der Waals surface area contributed by atoms with Gasteiger partial charge in [-0.25, -0.2) is 0 Å². The Hall–Kier alpha value is -0.0500. The van der Waals surface area contributed by atoms with Crippen LogP contribution in [0.4, 0.5) is 0 Å². The van der Waals surface area contributed by atoms with Gasteiger partial charge in [-0.2, -0.15) is 0 Å². The van der Waals surface area contributed by atoms with E-state index in [1.165, 1.54) is 0 Å². The van der Waals surface area contributed by atoms with E-state index in [-0.39, 0.29) is 0 Å². The lowest BCUT2D eigenvalue weighted by Gasteiger charge is -2.35. The summed E-state index contributed by atoms with van der Waals surface area (Å²) in [7, 11) is 0. The lowest BCUT2D eigenvalue weighted by atomic mass is 10.1. The van der Waals surface area contributed by atoms with Crippen LogP contribution in [0.1, 0.15) is 0 Å². The third kappa shape index (κ3) is 1.97. The van der Waals surface area contributed by atoms with Gasteiger partial charge in [0.25, 0.3) is 0 Å². The molecule has 0 spiro atoms. The van der Waals surface area contributed by atoms with Gasteiger partial charge in [-0.05, 0) is 0 Å². The Bertz CT molecular complexity index is 108. The summed E-state index contributed by atoms with van der Waals surface area (Å²) < 4.78 is 0. The largest absolute Gasteiger partial charge is 0.325 e. The first kappa shape index (κ1) is 7.06. The highest BCUT2D eigenvalue weighted by molar-refractivity contribution is 6.25. The monoisotopic (exact) mass is 146 g/mol. The molecule has 2 nitrogen and oxygen atoms in total. The average Bonchev–Trinajstić information content (AvgIpc) is 1.78. The minimum Gasteiger partial charge on any atom is -0.325 e. The fourth-order valence-corrected chi connectivity index (χ4v) is 1.03. The lowest BCUT2D eigenvalue weighted by molar-refractivity contribution is 0.170. The molecule has 52 valence electrons. The maximum absolute atomic E-state index is 5.54. The van der Waals surface area contributed by atoms with Crippen LogP contribution in [-0.2, 0) is 0 Å². The summed E-state index contributed by atoms with van der Waals surface area (Å²) in [5.74, 6) is 0. The minimum atomic E-state index is 0.397. The molecule has 0 bridgehead atoms. The first-order valence-electron chi connectivity index (χ1n) is 3.06. The van der Waals surface area contributed by atoms with Crippen molar-refractivity contribution in [2.45, 2.75) is 6.04 Å². The van der Waals surface area contributed by atoms with E-state index in [4.69, 9.17) is 17.3 Å². The molecule has 1 aliphatic rings. The molecule has 0 unspecified atom stereocenters. The summed E-state index contributed by atoms with van der Waals surface area (Å²) in [6.07, 6.45) is 1.92. The molecule has 0 saturated carbocycles. The molecule has 1 saturated heterocycles. The molecule has 1 heterocycles. The Balaban J connectivity index is 2.04. The van der Waals surface area contributed by atoms with Crippen molar-refractivity contribution in [3.8, 4) is 0 Å². The van der Waals surface area contributed by atoms with Crippen molar-refractivity contribution in [2.24, 2.45) is 5.73 Å². The number of likely N-dealkylation sites (tertiary alicyclic amines) is 1. The van der Waals surface area contributed by atoms with Gasteiger partial charge in [0.15, 0.2) is 0 Å². The standard InChI is InChI=1S/C6H11ClN2/c7-2-1-3-9-4-6(8)5-9/h1-2,6H,3-5,8H2. The van der Waals surface area contributed by atoms with Gasteiger partial charge in [0, 0.05) is 31.2 Å². The molecule has 0 aromatic rings. The van der Waals surface area contributed by atoms with Crippen molar-refractivity contribution in [1.82, 2.24) is 4.90 Å². The minimum absolute atomic E-state index is 0.397. The number of nitrogens with two attached hydrogens (primary N) is 1. The maximum atomic E-state index is 5.54. The van der Waals surface area contributed by atoms with Gasteiger partial charge in [0.05, 0.1) is 0 Å². The molecule has 1 aliphatic heterocycles. The van der Waals surface area contributed by atoms with Gasteiger partial charge < -0.3 is 5.73 Å². The van der Waals surface area contributed by atoms with Crippen molar-refractivity contribution < 1.29 is 0 Å². The zero-order valence-electron chi connectivity index (χ0n) is 5.26. The summed E-state index contributed by atoms with van der Waals surface area (Å²) >= 11 is 5.32. The summed E-state index contributed by atoms with van der Waals surface area (Å²) in [5.41, 5.74) is 7.09. The highest BCUT2D eigenvalue weighted by Gasteiger charge is 2.20. The van der Waals surface area contributed by atoms with Gasteiger partial charge in [-0.3, -0.25) is 4.90 Å². The van der Waals surface area contributed by atoms with Crippen molar-refractivity contribution in [3.63, 3.8) is 0 Å². The van der Waals surface area contributed by atoms with E-state index in [2.05, 4.69) is 4.90 Å². The van der Waals surface area contributed by atoms with Gasteiger partial charge in [-0.1, -0.05) is 17.7 Å². The van der Waals surface area contributed by atoms with Gasteiger partial charge in [0.1, 0.15) is 0 Å². The first-order valence-corrected chi connectivity index (χ1v) is 3.49. The van der Waals surface area contributed by atoms with E-state index in [1.807, 2.05) is 6.08 Å². The molecule has 9 heavy (non-hydrogen) atoms. The van der Waals surface area contributed by atoms with Crippen molar-refractivity contribution in [2.75, 3.05) is 19.6 Å². The number of halogens is 1. The second-order valence-electron chi connectivity index (χ2n) is 2.34. The van der Waals surface area contributed by atoms with Gasteiger partial charge in [0.2, 0.25) is 0 Å². The molecule has 1 fully saturated rings. The first-order chi connectivity index (χ1) is 4.33. The Kier molecular flexibility index (Phi) is 2.51. The zero-order valence-corrected chi connectivity index (χ0v) is 6.01. The van der Waals surface area contributed by atoms with Crippen LogP contribution in [0.3, 0.4) is 0 Å². The normalized spacial score (nSPS) is 22.9. The molecule has 3 heteroatoms. The predicted octanol–water partition coefficient (Wildman–Crippen LogP) is 0.382. The quantitative estimate of drug-likeness (QED) is 0.611. The average molecular weight is 147 g/mol. The van der Waals surface area contributed by atoms with Crippen molar-refractivity contribution >= 4 is 11.6 Å². The summed E-state index contributed by atoms with van der Waals surface area (Å²) in [4.78, 5) is 2.24. The van der Waals surface area contributed by atoms with E-state index < -0.39 is 0 Å². The number of nitrogens with zero attached hydrogens (tertiary/aromatic N) is 1. The Morgan fingerprint density at radius 3 is 2.78 bits per heavy atom. The Morgan fingerprint density at radius 2 is 2.33 bits per heavy atom. The maximum Gasteiger partial charge on any atom is 0.0297 e. The van der Waals surface area contributed by atoms with E-state index in [0.29, 0.717) is 6.04 Å². The van der Waals surface area contributed by atoms with Gasteiger partial charge >= 0.3 is 0 Å². The fraction of sp³-hybridized carbons (Fsp3) is 0.667. The molecule has 0 amide bonds. The van der Waals surface area contributed by atoms with Crippen LogP contribution in [-0.4, -0.2) is 30.6 Å². The van der Waals surface area contributed by atoms with Crippen LogP contribution in [0.5, 0.6) is 0 Å².